The number of ether oxygens (including phenoxy) is 2. The number of carbonyl (C=O) groups excluding carboxylic acids is 2. The van der Waals surface area contributed by atoms with Crippen LogP contribution in [0.2, 0.25) is 0 Å². The molecule has 142 valence electrons. The van der Waals surface area contributed by atoms with Crippen molar-refractivity contribution >= 4 is 12.0 Å². The highest BCUT2D eigenvalue weighted by Gasteiger charge is 2.40. The Balaban J connectivity index is 1.57. The number of carbonyl (C=O) groups is 2. The molecular formula is C18H26N4O4. The lowest BCUT2D eigenvalue weighted by Gasteiger charge is -2.30. The van der Waals surface area contributed by atoms with Crippen molar-refractivity contribution in [3.63, 3.8) is 0 Å². The molecule has 2 saturated heterocycles. The fourth-order valence-electron chi connectivity index (χ4n) is 3.31. The van der Waals surface area contributed by atoms with Crippen LogP contribution in [0.3, 0.4) is 0 Å². The second kappa shape index (κ2) is 7.47. The normalized spacial score (nSPS) is 23.2. The van der Waals surface area contributed by atoms with E-state index >= 15 is 0 Å². The van der Waals surface area contributed by atoms with Crippen LogP contribution in [0.25, 0.3) is 0 Å². The summed E-state index contributed by atoms with van der Waals surface area (Å²) in [5.74, 6) is 0.432. The van der Waals surface area contributed by atoms with Crippen LogP contribution in [0.15, 0.2) is 18.6 Å². The first kappa shape index (κ1) is 18.4. The number of hydrogen-bond acceptors (Lipinski definition) is 6. The lowest BCUT2D eigenvalue weighted by molar-refractivity contribution is -0.135. The highest BCUT2D eigenvalue weighted by Crippen LogP contribution is 2.25. The predicted molar refractivity (Wildman–Crippen MR) is 93.6 cm³/mol. The van der Waals surface area contributed by atoms with Crippen molar-refractivity contribution in [2.45, 2.75) is 57.8 Å². The van der Waals surface area contributed by atoms with E-state index in [2.05, 4.69) is 9.97 Å². The standard InChI is InChI=1S/C18H26N4O4/c1-18(2,3)26-17(24)22-9-4-5-14(22)16(23)21-10-6-13(12-21)25-15-11-19-7-8-20-15/h7-8,11,13-14H,4-6,9-10,12H2,1-3H3. The highest BCUT2D eigenvalue weighted by molar-refractivity contribution is 5.86. The summed E-state index contributed by atoms with van der Waals surface area (Å²) < 4.78 is 11.2. The second-order valence-corrected chi connectivity index (χ2v) is 7.69. The van der Waals surface area contributed by atoms with Crippen LogP contribution < -0.4 is 4.74 Å². The van der Waals surface area contributed by atoms with Gasteiger partial charge in [0, 0.05) is 31.9 Å². The molecule has 2 fully saturated rings. The second-order valence-electron chi connectivity index (χ2n) is 7.69. The summed E-state index contributed by atoms with van der Waals surface area (Å²) in [6.07, 6.45) is 6.42. The van der Waals surface area contributed by atoms with Gasteiger partial charge in [-0.25, -0.2) is 9.78 Å². The quantitative estimate of drug-likeness (QED) is 0.816. The summed E-state index contributed by atoms with van der Waals surface area (Å²) in [5.41, 5.74) is -0.573. The molecule has 0 N–H and O–H groups in total. The molecule has 2 aliphatic rings. The third-order valence-electron chi connectivity index (χ3n) is 4.45. The zero-order valence-electron chi connectivity index (χ0n) is 15.6. The molecule has 8 nitrogen and oxygen atoms in total. The van der Waals surface area contributed by atoms with Gasteiger partial charge in [0.25, 0.3) is 0 Å². The van der Waals surface area contributed by atoms with Gasteiger partial charge in [-0.1, -0.05) is 0 Å². The van der Waals surface area contributed by atoms with Crippen LogP contribution >= 0.6 is 0 Å². The SMILES string of the molecule is CC(C)(C)OC(=O)N1CCCC1C(=O)N1CCC(Oc2cnccn2)C1. The summed E-state index contributed by atoms with van der Waals surface area (Å²) >= 11 is 0. The average molecular weight is 362 g/mol. The molecule has 0 bridgehead atoms. The molecule has 0 saturated carbocycles. The molecule has 0 aromatic carbocycles. The van der Waals surface area contributed by atoms with Gasteiger partial charge >= 0.3 is 6.09 Å². The highest BCUT2D eigenvalue weighted by atomic mass is 16.6. The van der Waals surface area contributed by atoms with Gasteiger partial charge in [-0.05, 0) is 33.6 Å². The lowest BCUT2D eigenvalue weighted by atomic mass is 10.2. The van der Waals surface area contributed by atoms with Crippen molar-refractivity contribution < 1.29 is 19.1 Å². The molecular weight excluding hydrogens is 336 g/mol. The van der Waals surface area contributed by atoms with Crippen molar-refractivity contribution in [3.05, 3.63) is 18.6 Å². The molecule has 2 unspecified atom stereocenters. The van der Waals surface area contributed by atoms with E-state index in [1.165, 1.54) is 0 Å². The van der Waals surface area contributed by atoms with Crippen LogP contribution in [0.4, 0.5) is 4.79 Å². The Labute approximate surface area is 153 Å². The monoisotopic (exact) mass is 362 g/mol. The van der Waals surface area contributed by atoms with E-state index in [0.29, 0.717) is 31.9 Å². The number of likely N-dealkylation sites (tertiary alicyclic amines) is 2. The lowest BCUT2D eigenvalue weighted by Crippen LogP contribution is -2.48. The minimum Gasteiger partial charge on any atom is -0.471 e. The molecule has 2 aliphatic heterocycles. The van der Waals surface area contributed by atoms with Gasteiger partial charge < -0.3 is 14.4 Å². The number of aromatic nitrogens is 2. The first-order valence-electron chi connectivity index (χ1n) is 9.04. The fraction of sp³-hybridized carbons (Fsp3) is 0.667. The molecule has 1 aromatic heterocycles. The van der Waals surface area contributed by atoms with Gasteiger partial charge in [0.15, 0.2) is 0 Å². The summed E-state index contributed by atoms with van der Waals surface area (Å²) in [7, 11) is 0. The van der Waals surface area contributed by atoms with Crippen molar-refractivity contribution in [1.29, 1.82) is 0 Å². The largest absolute Gasteiger partial charge is 0.471 e. The van der Waals surface area contributed by atoms with Crippen molar-refractivity contribution in [3.8, 4) is 5.88 Å². The molecule has 26 heavy (non-hydrogen) atoms. The molecule has 2 amide bonds. The van der Waals surface area contributed by atoms with Crippen LogP contribution in [-0.4, -0.2) is 69.1 Å². The minimum atomic E-state index is -0.573. The minimum absolute atomic E-state index is 0.0291. The number of nitrogens with zero attached hydrogens (tertiary/aromatic N) is 4. The summed E-state index contributed by atoms with van der Waals surface area (Å²) in [6.45, 7) is 7.14. The third-order valence-corrected chi connectivity index (χ3v) is 4.45. The molecule has 1 aromatic rings. The molecule has 8 heteroatoms. The van der Waals surface area contributed by atoms with E-state index in [1.54, 1.807) is 28.4 Å². The van der Waals surface area contributed by atoms with Gasteiger partial charge in [0.2, 0.25) is 11.8 Å². The first-order valence-corrected chi connectivity index (χ1v) is 9.04. The summed E-state index contributed by atoms with van der Waals surface area (Å²) in [6, 6.07) is -0.444. The smallest absolute Gasteiger partial charge is 0.410 e. The Morgan fingerprint density at radius 3 is 2.69 bits per heavy atom. The molecule has 2 atom stereocenters. The van der Waals surface area contributed by atoms with Gasteiger partial charge in [-0.15, -0.1) is 0 Å². The Morgan fingerprint density at radius 1 is 1.19 bits per heavy atom. The predicted octanol–water partition coefficient (Wildman–Crippen LogP) is 1.86. The van der Waals surface area contributed by atoms with Crippen LogP contribution in [0.5, 0.6) is 5.88 Å². The molecule has 0 aliphatic carbocycles. The molecule has 0 spiro atoms. The maximum atomic E-state index is 12.9. The fourth-order valence-corrected chi connectivity index (χ4v) is 3.31. The maximum absolute atomic E-state index is 12.9. The third kappa shape index (κ3) is 4.42. The zero-order valence-corrected chi connectivity index (χ0v) is 15.6. The molecule has 3 heterocycles. The van der Waals surface area contributed by atoms with Gasteiger partial charge in [-0.2, -0.15) is 0 Å². The van der Waals surface area contributed by atoms with E-state index in [-0.39, 0.29) is 12.0 Å². The first-order chi connectivity index (χ1) is 12.3. The van der Waals surface area contributed by atoms with E-state index in [0.717, 1.165) is 12.8 Å². The van der Waals surface area contributed by atoms with Crippen LogP contribution in [0.1, 0.15) is 40.0 Å². The molecule has 0 radical (unpaired) electrons. The van der Waals surface area contributed by atoms with Crippen molar-refractivity contribution in [2.24, 2.45) is 0 Å². The van der Waals surface area contributed by atoms with E-state index in [1.807, 2.05) is 20.8 Å². The number of hydrogen-bond donors (Lipinski definition) is 0. The zero-order chi connectivity index (χ0) is 18.7. The number of amides is 2. The molecule has 3 rings (SSSR count). The Hall–Kier alpha value is -2.38. The maximum Gasteiger partial charge on any atom is 0.410 e. The van der Waals surface area contributed by atoms with Crippen LogP contribution in [0, 0.1) is 0 Å². The van der Waals surface area contributed by atoms with E-state index < -0.39 is 17.7 Å². The van der Waals surface area contributed by atoms with Crippen molar-refractivity contribution in [2.75, 3.05) is 19.6 Å². The Bertz CT molecular complexity index is 646. The summed E-state index contributed by atoms with van der Waals surface area (Å²) in [5, 5.41) is 0. The van der Waals surface area contributed by atoms with Gasteiger partial charge in [0.1, 0.15) is 17.7 Å². The topological polar surface area (TPSA) is 84.9 Å². The van der Waals surface area contributed by atoms with E-state index in [9.17, 15) is 9.59 Å². The number of rotatable bonds is 3. The Kier molecular flexibility index (Phi) is 5.29. The van der Waals surface area contributed by atoms with Gasteiger partial charge in [0.05, 0.1) is 12.7 Å². The summed E-state index contributed by atoms with van der Waals surface area (Å²) in [4.78, 5) is 36.7. The van der Waals surface area contributed by atoms with E-state index in [4.69, 9.17) is 9.47 Å². The average Bonchev–Trinajstić information content (AvgIpc) is 3.23. The van der Waals surface area contributed by atoms with Gasteiger partial charge in [-0.3, -0.25) is 14.7 Å². The van der Waals surface area contributed by atoms with Crippen LogP contribution in [-0.2, 0) is 9.53 Å². The Morgan fingerprint density at radius 2 is 2.00 bits per heavy atom. The van der Waals surface area contributed by atoms with Crippen molar-refractivity contribution in [1.82, 2.24) is 19.8 Å².